The first-order valence-corrected chi connectivity index (χ1v) is 11.2. The van der Waals surface area contributed by atoms with Crippen molar-refractivity contribution < 1.29 is 18.7 Å². The van der Waals surface area contributed by atoms with Crippen LogP contribution >= 0.6 is 0 Å². The highest BCUT2D eigenvalue weighted by atomic mass is 19.1. The minimum atomic E-state index is -0.882. The minimum Gasteiger partial charge on any atom is -0.481 e. The molecule has 34 heavy (non-hydrogen) atoms. The van der Waals surface area contributed by atoms with Crippen molar-refractivity contribution >= 4 is 22.8 Å². The summed E-state index contributed by atoms with van der Waals surface area (Å²) in [6, 6.07) is 2.44. The molecule has 2 unspecified atom stereocenters. The Morgan fingerprint density at radius 3 is 2.68 bits per heavy atom. The van der Waals surface area contributed by atoms with Crippen LogP contribution in [0.3, 0.4) is 0 Å². The second-order valence-corrected chi connectivity index (χ2v) is 8.98. The van der Waals surface area contributed by atoms with E-state index in [9.17, 15) is 14.3 Å². The average molecular weight is 465 g/mol. The third kappa shape index (κ3) is 3.30. The number of pyridine rings is 1. The van der Waals surface area contributed by atoms with Gasteiger partial charge in [-0.05, 0) is 49.7 Å². The van der Waals surface area contributed by atoms with Crippen molar-refractivity contribution in [2.75, 3.05) is 5.32 Å². The topological polar surface area (TPSA) is 132 Å². The van der Waals surface area contributed by atoms with E-state index in [0.29, 0.717) is 16.6 Å². The molecular formula is C23H21F2N7O2. The van der Waals surface area contributed by atoms with Crippen molar-refractivity contribution in [1.29, 1.82) is 0 Å². The molecule has 9 nitrogen and oxygen atoms in total. The van der Waals surface area contributed by atoms with Gasteiger partial charge in [0.2, 0.25) is 0 Å². The largest absolute Gasteiger partial charge is 0.481 e. The number of aromatic nitrogens is 6. The fourth-order valence-electron chi connectivity index (χ4n) is 5.56. The van der Waals surface area contributed by atoms with Gasteiger partial charge in [-0.1, -0.05) is 0 Å². The van der Waals surface area contributed by atoms with Crippen LogP contribution in [0.15, 0.2) is 30.7 Å². The number of aliphatic carboxylic acids is 1. The molecule has 3 saturated carbocycles. The van der Waals surface area contributed by atoms with Gasteiger partial charge in [0.25, 0.3) is 0 Å². The zero-order valence-electron chi connectivity index (χ0n) is 17.9. The van der Waals surface area contributed by atoms with E-state index < -0.39 is 29.6 Å². The van der Waals surface area contributed by atoms with E-state index >= 15 is 4.39 Å². The first kappa shape index (κ1) is 20.7. The first-order chi connectivity index (χ1) is 16.5. The molecule has 0 saturated heterocycles. The van der Waals surface area contributed by atoms with Crippen LogP contribution < -0.4 is 5.32 Å². The summed E-state index contributed by atoms with van der Waals surface area (Å²) in [5.74, 6) is -2.52. The van der Waals surface area contributed by atoms with Gasteiger partial charge in [0.05, 0.1) is 12.1 Å². The first-order valence-electron chi connectivity index (χ1n) is 11.2. The number of hydrogen-bond acceptors (Lipinski definition) is 6. The van der Waals surface area contributed by atoms with E-state index in [-0.39, 0.29) is 34.9 Å². The molecule has 4 N–H and O–H groups in total. The molecular weight excluding hydrogens is 444 g/mol. The van der Waals surface area contributed by atoms with Crippen LogP contribution in [0.1, 0.15) is 25.7 Å². The van der Waals surface area contributed by atoms with Crippen LogP contribution in [-0.2, 0) is 4.79 Å². The lowest BCUT2D eigenvalue weighted by atomic mass is 9.61. The summed E-state index contributed by atoms with van der Waals surface area (Å²) in [6.07, 6.45) is 7.75. The molecule has 0 aromatic carbocycles. The van der Waals surface area contributed by atoms with Crippen molar-refractivity contribution in [3.63, 3.8) is 0 Å². The van der Waals surface area contributed by atoms with Crippen molar-refractivity contribution in [3.05, 3.63) is 42.4 Å². The maximum absolute atomic E-state index is 15.7. The number of fused-ring (bicyclic) bond motifs is 4. The molecule has 0 spiro atoms. The van der Waals surface area contributed by atoms with Crippen molar-refractivity contribution in [2.45, 2.75) is 31.7 Å². The Bertz CT molecular complexity index is 1380. The predicted molar refractivity (Wildman–Crippen MR) is 119 cm³/mol. The number of hydrogen-bond donors (Lipinski definition) is 4. The summed E-state index contributed by atoms with van der Waals surface area (Å²) in [7, 11) is 0. The molecule has 174 valence electrons. The molecule has 3 aliphatic carbocycles. The van der Waals surface area contributed by atoms with Crippen LogP contribution in [0.5, 0.6) is 0 Å². The van der Waals surface area contributed by atoms with Gasteiger partial charge in [-0.15, -0.1) is 0 Å². The predicted octanol–water partition coefficient (Wildman–Crippen LogP) is 3.99. The Hall–Kier alpha value is -3.89. The van der Waals surface area contributed by atoms with Crippen LogP contribution in [-0.4, -0.2) is 47.3 Å². The van der Waals surface area contributed by atoms with Crippen LogP contribution in [0.2, 0.25) is 0 Å². The van der Waals surface area contributed by atoms with E-state index in [1.807, 2.05) is 0 Å². The highest BCUT2D eigenvalue weighted by Gasteiger charge is 2.47. The van der Waals surface area contributed by atoms with Crippen molar-refractivity contribution in [2.24, 2.45) is 17.8 Å². The van der Waals surface area contributed by atoms with Crippen molar-refractivity contribution in [1.82, 2.24) is 30.1 Å². The quantitative estimate of drug-likeness (QED) is 0.350. The van der Waals surface area contributed by atoms with Crippen LogP contribution in [0, 0.1) is 29.4 Å². The van der Waals surface area contributed by atoms with E-state index in [1.165, 1.54) is 6.07 Å². The highest BCUT2D eigenvalue weighted by molar-refractivity contribution is 5.92. The number of rotatable bonds is 5. The third-order valence-electron chi connectivity index (χ3n) is 7.14. The van der Waals surface area contributed by atoms with E-state index in [0.717, 1.165) is 31.9 Å². The molecule has 0 amide bonds. The van der Waals surface area contributed by atoms with Gasteiger partial charge >= 0.3 is 5.97 Å². The Labute approximate surface area is 192 Å². The monoisotopic (exact) mass is 465 g/mol. The third-order valence-corrected chi connectivity index (χ3v) is 7.14. The van der Waals surface area contributed by atoms with Gasteiger partial charge in [0.1, 0.15) is 22.9 Å². The summed E-state index contributed by atoms with van der Waals surface area (Å²) < 4.78 is 29.6. The number of nitrogens with zero attached hydrogens (tertiary/aromatic N) is 4. The lowest BCUT2D eigenvalue weighted by molar-refractivity contribution is -0.148. The molecule has 4 aromatic rings. The molecule has 11 heteroatoms. The van der Waals surface area contributed by atoms with Crippen molar-refractivity contribution in [3.8, 4) is 22.8 Å². The van der Waals surface area contributed by atoms with Crippen LogP contribution in [0.4, 0.5) is 14.6 Å². The molecule has 0 radical (unpaired) electrons. The summed E-state index contributed by atoms with van der Waals surface area (Å²) in [4.78, 5) is 27.9. The van der Waals surface area contributed by atoms with Crippen LogP contribution in [0.25, 0.3) is 33.8 Å². The number of halogens is 2. The molecule has 7 rings (SSSR count). The lowest BCUT2D eigenvalue weighted by Crippen LogP contribution is -2.51. The Morgan fingerprint density at radius 2 is 1.94 bits per heavy atom. The Kier molecular flexibility index (Phi) is 4.78. The second-order valence-electron chi connectivity index (χ2n) is 8.98. The summed E-state index contributed by atoms with van der Waals surface area (Å²) in [6.45, 7) is 0. The van der Waals surface area contributed by atoms with E-state index in [4.69, 9.17) is 0 Å². The van der Waals surface area contributed by atoms with Gasteiger partial charge in [-0.3, -0.25) is 9.89 Å². The number of H-pyrrole nitrogens is 2. The molecule has 3 aliphatic rings. The van der Waals surface area contributed by atoms with Gasteiger partial charge in [0.15, 0.2) is 17.5 Å². The fourth-order valence-corrected chi connectivity index (χ4v) is 5.56. The number of nitrogens with one attached hydrogen (secondary N) is 3. The average Bonchev–Trinajstić information content (AvgIpc) is 3.51. The molecule has 3 fully saturated rings. The number of carboxylic acid groups (broad SMARTS) is 1. The summed E-state index contributed by atoms with van der Waals surface area (Å²) in [5.41, 5.74) is 1.12. The highest BCUT2D eigenvalue weighted by Crippen LogP contribution is 2.46. The van der Waals surface area contributed by atoms with Gasteiger partial charge in [-0.25, -0.2) is 23.7 Å². The minimum absolute atomic E-state index is 0.0414. The number of anilines is 1. The van der Waals surface area contributed by atoms with Gasteiger partial charge in [-0.2, -0.15) is 5.10 Å². The molecule has 0 aliphatic heterocycles. The normalized spacial score (nSPS) is 23.9. The van der Waals surface area contributed by atoms with Gasteiger partial charge < -0.3 is 15.4 Å². The molecule has 4 heterocycles. The second kappa shape index (κ2) is 7.86. The molecule has 2 bridgehead atoms. The maximum Gasteiger partial charge on any atom is 0.308 e. The van der Waals surface area contributed by atoms with Gasteiger partial charge in [0, 0.05) is 29.4 Å². The number of carbonyl (C=O) groups is 1. The summed E-state index contributed by atoms with van der Waals surface area (Å²) in [5, 5.41) is 20.2. The SMILES string of the molecule is O=C(O)C1C2CCC(CC2)C1Nc1nc(-c2c[nH]c3ncc(F)cc23)nc(-c2cc[nH]n2)c1F. The standard InChI is InChI=1S/C23H21F2N7O2/c24-12-7-13-14(9-27-20(13)26-8-12)21-30-19(15-5-6-28-32-15)17(25)22(31-21)29-18-11-3-1-10(2-4-11)16(18)23(33)34/h5-11,16,18H,1-4H2,(H,26,27)(H,28,32)(H,33,34)(H,29,30,31). The Morgan fingerprint density at radius 1 is 1.15 bits per heavy atom. The number of aromatic amines is 2. The molecule has 2 atom stereocenters. The number of carboxylic acids is 1. The fraction of sp³-hybridized carbons (Fsp3) is 0.348. The molecule has 4 aromatic heterocycles. The zero-order valence-corrected chi connectivity index (χ0v) is 17.9. The van der Waals surface area contributed by atoms with E-state index in [2.05, 4.69) is 35.5 Å². The zero-order chi connectivity index (χ0) is 23.4. The summed E-state index contributed by atoms with van der Waals surface area (Å²) >= 11 is 0. The van der Waals surface area contributed by atoms with E-state index in [1.54, 1.807) is 18.5 Å². The Balaban J connectivity index is 1.49. The maximum atomic E-state index is 15.7. The smallest absolute Gasteiger partial charge is 0.308 e. The lowest BCUT2D eigenvalue weighted by Gasteiger charge is -2.47.